The Morgan fingerprint density at radius 1 is 0.958 bits per heavy atom. The zero-order valence-corrected chi connectivity index (χ0v) is 29.1. The molecule has 48 heavy (non-hydrogen) atoms. The normalized spacial score (nSPS) is 30.8. The van der Waals surface area contributed by atoms with E-state index in [1.165, 1.54) is 13.5 Å². The molecule has 7 aliphatic rings. The largest absolute Gasteiger partial charge is 0.453 e. The highest BCUT2D eigenvalue weighted by molar-refractivity contribution is 7.93. The summed E-state index contributed by atoms with van der Waals surface area (Å²) in [6.07, 6.45) is 8.47. The van der Waals surface area contributed by atoms with E-state index >= 15 is 0 Å². The smallest absolute Gasteiger partial charge is 0.407 e. The second kappa shape index (κ2) is 12.6. The second-order valence-electron chi connectivity index (χ2n) is 16.0. The Morgan fingerprint density at radius 2 is 1.69 bits per heavy atom. The van der Waals surface area contributed by atoms with Crippen molar-refractivity contribution in [3.63, 3.8) is 0 Å². The number of piperidine rings is 1. The Bertz CT molecular complexity index is 1590. The average Bonchev–Trinajstić information content (AvgIpc) is 3.45. The van der Waals surface area contributed by atoms with E-state index in [2.05, 4.69) is 26.1 Å². The van der Waals surface area contributed by atoms with Crippen molar-refractivity contribution >= 4 is 21.6 Å². The third-order valence-corrected chi connectivity index (χ3v) is 15.8. The van der Waals surface area contributed by atoms with Gasteiger partial charge in [-0.1, -0.05) is 18.6 Å². The molecule has 1 amide bonds. The number of hydrogen-bond acceptors (Lipinski definition) is 7. The van der Waals surface area contributed by atoms with Gasteiger partial charge in [-0.25, -0.2) is 17.6 Å². The van der Waals surface area contributed by atoms with Gasteiger partial charge in [0, 0.05) is 49.2 Å². The molecule has 4 aliphatic carbocycles. The van der Waals surface area contributed by atoms with E-state index in [9.17, 15) is 17.6 Å². The SMILES string of the molecule is COC(=O)N[C@H]1CCC[C@@H]1[C@](CN1CCC1)(c1cccc(F)c1)C1CCN(CC2CN(c3ccc(S(=O)(=O)C45CC(C4)C5)cc3)C2)CC1. The fourth-order valence-electron chi connectivity index (χ4n) is 10.4. The summed E-state index contributed by atoms with van der Waals surface area (Å²) >= 11 is 0. The minimum atomic E-state index is -3.22. The Kier molecular flexibility index (Phi) is 8.51. The lowest BCUT2D eigenvalue weighted by Gasteiger charge is -2.60. The fraction of sp³-hybridized carbons (Fsp3) is 0.658. The number of anilines is 1. The van der Waals surface area contributed by atoms with E-state index in [-0.39, 0.29) is 29.3 Å². The number of ether oxygens (including phenoxy) is 1. The third kappa shape index (κ3) is 5.54. The predicted octanol–water partition coefficient (Wildman–Crippen LogP) is 5.47. The van der Waals surface area contributed by atoms with Crippen molar-refractivity contribution in [3.05, 3.63) is 59.9 Å². The predicted molar refractivity (Wildman–Crippen MR) is 184 cm³/mol. The molecule has 2 bridgehead atoms. The van der Waals surface area contributed by atoms with Crippen LogP contribution in [-0.4, -0.2) is 94.6 Å². The van der Waals surface area contributed by atoms with Crippen LogP contribution in [-0.2, 0) is 20.0 Å². The summed E-state index contributed by atoms with van der Waals surface area (Å²) < 4.78 is 45.8. The van der Waals surface area contributed by atoms with E-state index in [4.69, 9.17) is 4.74 Å². The van der Waals surface area contributed by atoms with Crippen LogP contribution in [0.3, 0.4) is 0 Å². The molecule has 10 heteroatoms. The lowest BCUT2D eigenvalue weighted by atomic mass is 9.55. The highest BCUT2D eigenvalue weighted by atomic mass is 32.2. The van der Waals surface area contributed by atoms with Gasteiger partial charge in [-0.15, -0.1) is 0 Å². The molecule has 3 atom stereocenters. The second-order valence-corrected chi connectivity index (χ2v) is 18.3. The molecule has 3 aliphatic heterocycles. The molecular weight excluding hydrogens is 628 g/mol. The summed E-state index contributed by atoms with van der Waals surface area (Å²) in [5.74, 6) is 1.64. The molecule has 1 N–H and O–H groups in total. The maximum atomic E-state index is 14.9. The van der Waals surface area contributed by atoms with Crippen LogP contribution in [0.15, 0.2) is 53.4 Å². The van der Waals surface area contributed by atoms with Crippen molar-refractivity contribution in [1.82, 2.24) is 15.1 Å². The molecule has 0 spiro atoms. The highest BCUT2D eigenvalue weighted by Crippen LogP contribution is 2.63. The van der Waals surface area contributed by atoms with Crippen LogP contribution in [0.1, 0.15) is 63.4 Å². The number of sulfone groups is 1. The van der Waals surface area contributed by atoms with E-state index in [1.807, 2.05) is 30.3 Å². The van der Waals surface area contributed by atoms with Crippen molar-refractivity contribution in [3.8, 4) is 0 Å². The number of alkyl carbamates (subject to hydrolysis) is 1. The number of rotatable bonds is 11. The molecule has 260 valence electrons. The molecule has 8 nitrogen and oxygen atoms in total. The Hall–Kier alpha value is -2.69. The Balaban J connectivity index is 0.930. The van der Waals surface area contributed by atoms with Crippen LogP contribution in [0.5, 0.6) is 0 Å². The van der Waals surface area contributed by atoms with Crippen LogP contribution in [0, 0.1) is 29.5 Å². The van der Waals surface area contributed by atoms with Crippen LogP contribution in [0.25, 0.3) is 0 Å². The number of carbonyl (C=O) groups excluding carboxylic acids is 1. The lowest BCUT2D eigenvalue weighted by Crippen LogP contribution is -2.62. The maximum Gasteiger partial charge on any atom is 0.407 e. The first-order valence-electron chi connectivity index (χ1n) is 18.3. The molecule has 0 radical (unpaired) electrons. The van der Waals surface area contributed by atoms with Crippen molar-refractivity contribution < 1.29 is 22.3 Å². The van der Waals surface area contributed by atoms with Gasteiger partial charge in [0.25, 0.3) is 0 Å². The summed E-state index contributed by atoms with van der Waals surface area (Å²) in [6, 6.07) is 15.0. The number of likely N-dealkylation sites (tertiary alicyclic amines) is 2. The van der Waals surface area contributed by atoms with Gasteiger partial charge < -0.3 is 24.8 Å². The van der Waals surface area contributed by atoms with Crippen LogP contribution in [0.4, 0.5) is 14.9 Å². The average molecular weight is 679 g/mol. The summed E-state index contributed by atoms with van der Waals surface area (Å²) in [5, 5.41) is 3.19. The number of nitrogens with zero attached hydrogens (tertiary/aromatic N) is 3. The van der Waals surface area contributed by atoms with Crippen molar-refractivity contribution in [2.24, 2.45) is 23.7 Å². The van der Waals surface area contributed by atoms with Gasteiger partial charge in [0.15, 0.2) is 9.84 Å². The van der Waals surface area contributed by atoms with Gasteiger partial charge in [0.1, 0.15) is 5.82 Å². The minimum Gasteiger partial charge on any atom is -0.453 e. The number of carbonyl (C=O) groups is 1. The number of nitrogens with one attached hydrogen (secondary N) is 1. The number of methoxy groups -OCH3 is 1. The summed E-state index contributed by atoms with van der Waals surface area (Å²) in [5.41, 5.74) is 1.95. The molecule has 3 saturated heterocycles. The monoisotopic (exact) mass is 678 g/mol. The van der Waals surface area contributed by atoms with Gasteiger partial charge in [0.05, 0.1) is 16.8 Å². The topological polar surface area (TPSA) is 82.2 Å². The van der Waals surface area contributed by atoms with E-state index in [0.29, 0.717) is 22.6 Å². The Labute approximate surface area is 285 Å². The van der Waals surface area contributed by atoms with Crippen LogP contribution >= 0.6 is 0 Å². The Morgan fingerprint density at radius 3 is 2.29 bits per heavy atom. The van der Waals surface area contributed by atoms with Crippen molar-refractivity contribution in [2.75, 3.05) is 64.4 Å². The number of benzene rings is 2. The minimum absolute atomic E-state index is 0.0126. The van der Waals surface area contributed by atoms with E-state index < -0.39 is 14.6 Å². The van der Waals surface area contributed by atoms with Crippen LogP contribution in [0.2, 0.25) is 0 Å². The van der Waals surface area contributed by atoms with Gasteiger partial charge in [-0.05, 0) is 137 Å². The van der Waals surface area contributed by atoms with Gasteiger partial charge in [-0.2, -0.15) is 0 Å². The standard InChI is InChI=1S/C38H51FN4O4S/c1-47-36(44)40-35-8-3-7-34(35)38(26-42-15-4-16-42,30-5-2-6-31(39)19-30)29-13-17-41(18-14-29)23-28-24-43(25-28)32-9-11-33(12-10-32)48(45,46)37-20-27(21-37)22-37/h2,5-6,9-12,19,27-29,34-35H,3-4,7-8,13-18,20-26H2,1H3,(H,40,44)/t27?,34-,35-,37?,38-/m0/s1. The van der Waals surface area contributed by atoms with E-state index in [0.717, 1.165) is 115 Å². The molecular formula is C38H51FN4O4S. The zero-order chi connectivity index (χ0) is 33.1. The summed E-state index contributed by atoms with van der Waals surface area (Å²) in [7, 11) is -1.80. The van der Waals surface area contributed by atoms with Crippen LogP contribution < -0.4 is 10.2 Å². The molecule has 2 aromatic carbocycles. The molecule has 0 aromatic heterocycles. The molecule has 3 heterocycles. The number of amides is 1. The quantitative estimate of drug-likeness (QED) is 0.338. The van der Waals surface area contributed by atoms with Gasteiger partial charge in [-0.3, -0.25) is 0 Å². The first-order chi connectivity index (χ1) is 23.2. The molecule has 0 unspecified atom stereocenters. The zero-order valence-electron chi connectivity index (χ0n) is 28.3. The van der Waals surface area contributed by atoms with Crippen molar-refractivity contribution in [2.45, 2.75) is 78.9 Å². The highest BCUT2D eigenvalue weighted by Gasteiger charge is 2.65. The molecule has 9 rings (SSSR count). The van der Waals surface area contributed by atoms with Crippen molar-refractivity contribution in [1.29, 1.82) is 0 Å². The third-order valence-electron chi connectivity index (χ3n) is 13.3. The van der Waals surface area contributed by atoms with E-state index in [1.54, 1.807) is 12.1 Å². The summed E-state index contributed by atoms with van der Waals surface area (Å²) in [6.45, 7) is 8.15. The lowest BCUT2D eigenvalue weighted by molar-refractivity contribution is 0.0223. The first kappa shape index (κ1) is 32.5. The summed E-state index contributed by atoms with van der Waals surface area (Å²) in [4.78, 5) is 20.5. The van der Waals surface area contributed by atoms with Gasteiger partial charge in [0.2, 0.25) is 0 Å². The first-order valence-corrected chi connectivity index (χ1v) is 19.8. The molecule has 7 fully saturated rings. The number of hydrogen-bond donors (Lipinski definition) is 1. The number of halogens is 1. The maximum absolute atomic E-state index is 14.9. The van der Waals surface area contributed by atoms with Gasteiger partial charge >= 0.3 is 6.09 Å². The fourth-order valence-corrected chi connectivity index (χ4v) is 12.8. The molecule has 4 saturated carbocycles. The molecule has 2 aromatic rings.